The molecular formula is C10H9N3O5. The van der Waals surface area contributed by atoms with E-state index in [1.807, 2.05) is 0 Å². The summed E-state index contributed by atoms with van der Waals surface area (Å²) in [6.45, 7) is 6.23. The zero-order valence-electron chi connectivity index (χ0n) is 9.45. The Hall–Kier alpha value is -2.77. The van der Waals surface area contributed by atoms with Gasteiger partial charge in [0.05, 0.1) is 0 Å². The first-order valence-electron chi connectivity index (χ1n) is 4.65. The smallest absolute Gasteiger partial charge is 0.269 e. The van der Waals surface area contributed by atoms with Gasteiger partial charge in [-0.25, -0.2) is 19.0 Å². The lowest BCUT2D eigenvalue weighted by atomic mass is 10.5. The highest BCUT2D eigenvalue weighted by Gasteiger charge is 2.19. The average molecular weight is 251 g/mol. The highest BCUT2D eigenvalue weighted by atomic mass is 16.2. The van der Waals surface area contributed by atoms with Gasteiger partial charge in [0.15, 0.2) is 0 Å². The number of nitrogens with zero attached hydrogens (tertiary/aromatic N) is 3. The van der Waals surface area contributed by atoms with Crippen LogP contribution in [-0.2, 0) is 7.05 Å². The van der Waals surface area contributed by atoms with Gasteiger partial charge >= 0.3 is 17.1 Å². The van der Waals surface area contributed by atoms with E-state index in [4.69, 9.17) is 0 Å². The molecule has 0 aliphatic rings. The minimum atomic E-state index is -1.35. The normalized spacial score (nSPS) is 9.83. The molecule has 0 atom stereocenters. The van der Waals surface area contributed by atoms with Gasteiger partial charge in [-0.15, -0.1) is 0 Å². The Morgan fingerprint density at radius 2 is 1.22 bits per heavy atom. The van der Waals surface area contributed by atoms with E-state index in [9.17, 15) is 24.0 Å². The molecule has 0 spiro atoms. The molecule has 0 amide bonds. The van der Waals surface area contributed by atoms with E-state index in [-0.39, 0.29) is 9.13 Å². The van der Waals surface area contributed by atoms with Crippen LogP contribution in [0, 0.1) is 0 Å². The molecule has 0 N–H and O–H groups in total. The number of aromatic nitrogens is 3. The fourth-order valence-corrected chi connectivity index (χ4v) is 1.21. The Kier molecular flexibility index (Phi) is 3.41. The predicted molar refractivity (Wildman–Crippen MR) is 61.9 cm³/mol. The highest BCUT2D eigenvalue weighted by Crippen LogP contribution is 1.78. The molecule has 94 valence electrons. The van der Waals surface area contributed by atoms with Crippen molar-refractivity contribution in [2.45, 2.75) is 0 Å². The van der Waals surface area contributed by atoms with Crippen molar-refractivity contribution in [2.24, 2.45) is 7.05 Å². The van der Waals surface area contributed by atoms with Crippen molar-refractivity contribution >= 4 is 11.8 Å². The largest absolute Gasteiger partial charge is 0.350 e. The Bertz CT molecular complexity index is 673. The van der Waals surface area contributed by atoms with Crippen molar-refractivity contribution in [3.8, 4) is 0 Å². The molecule has 0 saturated carbocycles. The summed E-state index contributed by atoms with van der Waals surface area (Å²) in [7, 11) is 1.03. The van der Waals surface area contributed by atoms with Gasteiger partial charge in [0.2, 0.25) is 0 Å². The van der Waals surface area contributed by atoms with Crippen molar-refractivity contribution in [3.63, 3.8) is 0 Å². The number of carbonyl (C=O) groups excluding carboxylic acids is 2. The molecule has 0 aromatic carbocycles. The summed E-state index contributed by atoms with van der Waals surface area (Å²) in [5.41, 5.74) is -3.65. The minimum Gasteiger partial charge on any atom is -0.269 e. The van der Waals surface area contributed by atoms with Crippen LogP contribution in [0.3, 0.4) is 0 Å². The Labute approximate surface area is 99.7 Å². The fraction of sp³-hybridized carbons (Fsp3) is 0.100. The maximum Gasteiger partial charge on any atom is 0.350 e. The number of hydrogen-bond acceptors (Lipinski definition) is 5. The van der Waals surface area contributed by atoms with Crippen LogP contribution < -0.4 is 17.1 Å². The summed E-state index contributed by atoms with van der Waals surface area (Å²) in [6.07, 6.45) is 1.44. The number of hydrogen-bond donors (Lipinski definition) is 0. The van der Waals surface area contributed by atoms with Crippen LogP contribution in [0.15, 0.2) is 39.7 Å². The molecule has 1 aromatic heterocycles. The van der Waals surface area contributed by atoms with Crippen molar-refractivity contribution in [2.75, 3.05) is 0 Å². The predicted octanol–water partition coefficient (Wildman–Crippen LogP) is -1.64. The molecule has 0 bridgehead atoms. The molecule has 0 fully saturated rings. The van der Waals surface area contributed by atoms with Crippen LogP contribution in [0.2, 0.25) is 0 Å². The van der Waals surface area contributed by atoms with Crippen LogP contribution in [-0.4, -0.2) is 25.5 Å². The molecule has 0 aliphatic carbocycles. The lowest BCUT2D eigenvalue weighted by Gasteiger charge is -2.06. The Morgan fingerprint density at radius 3 is 1.50 bits per heavy atom. The van der Waals surface area contributed by atoms with Crippen LogP contribution in [0.25, 0.3) is 0 Å². The van der Waals surface area contributed by atoms with Gasteiger partial charge < -0.3 is 0 Å². The van der Waals surface area contributed by atoms with Crippen molar-refractivity contribution in [1.29, 1.82) is 0 Å². The van der Waals surface area contributed by atoms with Crippen molar-refractivity contribution < 1.29 is 9.59 Å². The van der Waals surface area contributed by atoms with E-state index in [2.05, 4.69) is 13.2 Å². The maximum atomic E-state index is 11.7. The van der Waals surface area contributed by atoms with Gasteiger partial charge in [-0.05, 0) is 12.2 Å². The standard InChI is InChI=1S/C10H9N3O5/c1-4-6(14)12-8(16)11(3)9(17)13(10(12)18)7(15)5-2/h4-5H,1-2H2,3H3. The first kappa shape index (κ1) is 13.3. The fourth-order valence-electron chi connectivity index (χ4n) is 1.21. The lowest BCUT2D eigenvalue weighted by Crippen LogP contribution is -2.56. The molecule has 1 rings (SSSR count). The van der Waals surface area contributed by atoms with Crippen LogP contribution in [0.4, 0.5) is 0 Å². The Balaban J connectivity index is 4.01. The molecule has 0 saturated heterocycles. The second-order valence-corrected chi connectivity index (χ2v) is 3.16. The molecule has 0 aliphatic heterocycles. The molecule has 8 heteroatoms. The summed E-state index contributed by atoms with van der Waals surface area (Å²) in [5.74, 6) is -2.07. The average Bonchev–Trinajstić information content (AvgIpc) is 2.35. The van der Waals surface area contributed by atoms with Gasteiger partial charge in [-0.2, -0.15) is 9.13 Å². The molecule has 8 nitrogen and oxygen atoms in total. The third-order valence-electron chi connectivity index (χ3n) is 2.13. The van der Waals surface area contributed by atoms with Crippen LogP contribution in [0.1, 0.15) is 9.59 Å². The molecular weight excluding hydrogens is 242 g/mol. The number of rotatable bonds is 2. The quantitative estimate of drug-likeness (QED) is 0.587. The molecule has 1 aromatic rings. The zero-order chi connectivity index (χ0) is 14.0. The van der Waals surface area contributed by atoms with Gasteiger partial charge in [0.25, 0.3) is 11.8 Å². The summed E-state index contributed by atoms with van der Waals surface area (Å²) >= 11 is 0. The van der Waals surface area contributed by atoms with Crippen LogP contribution >= 0.6 is 0 Å². The first-order chi connectivity index (χ1) is 8.36. The molecule has 18 heavy (non-hydrogen) atoms. The minimum absolute atomic E-state index is 0.135. The number of allylic oxidation sites excluding steroid dienone is 2. The summed E-state index contributed by atoms with van der Waals surface area (Å²) < 4.78 is 0.732. The maximum absolute atomic E-state index is 11.7. The van der Waals surface area contributed by atoms with Gasteiger partial charge in [-0.3, -0.25) is 9.59 Å². The van der Waals surface area contributed by atoms with Crippen LogP contribution in [0.5, 0.6) is 0 Å². The second kappa shape index (κ2) is 4.62. The number of carbonyl (C=O) groups is 2. The van der Waals surface area contributed by atoms with E-state index < -0.39 is 28.9 Å². The molecule has 0 radical (unpaired) electrons. The summed E-state index contributed by atoms with van der Waals surface area (Å²) in [5, 5.41) is 0. The highest BCUT2D eigenvalue weighted by molar-refractivity contribution is 5.91. The lowest BCUT2D eigenvalue weighted by molar-refractivity contribution is 0.0930. The Morgan fingerprint density at radius 1 is 0.889 bits per heavy atom. The second-order valence-electron chi connectivity index (χ2n) is 3.16. The van der Waals surface area contributed by atoms with Gasteiger partial charge in [-0.1, -0.05) is 13.2 Å². The van der Waals surface area contributed by atoms with Crippen molar-refractivity contribution in [3.05, 3.63) is 56.8 Å². The summed E-state index contributed by atoms with van der Waals surface area (Å²) in [4.78, 5) is 57.6. The first-order valence-corrected chi connectivity index (χ1v) is 4.65. The monoisotopic (exact) mass is 251 g/mol. The third-order valence-corrected chi connectivity index (χ3v) is 2.13. The van der Waals surface area contributed by atoms with Crippen molar-refractivity contribution in [1.82, 2.24) is 13.7 Å². The van der Waals surface area contributed by atoms with Gasteiger partial charge in [0, 0.05) is 7.05 Å². The van der Waals surface area contributed by atoms with E-state index in [0.717, 1.165) is 19.2 Å². The van der Waals surface area contributed by atoms with E-state index in [1.54, 1.807) is 0 Å². The zero-order valence-corrected chi connectivity index (χ0v) is 9.45. The SMILES string of the molecule is C=CC(=O)n1c(=O)n(C)c(=O)n(C(=O)C=C)c1=O. The summed E-state index contributed by atoms with van der Waals surface area (Å²) in [6, 6.07) is 0. The van der Waals surface area contributed by atoms with E-state index in [1.165, 1.54) is 0 Å². The van der Waals surface area contributed by atoms with Gasteiger partial charge in [0.1, 0.15) is 0 Å². The topological polar surface area (TPSA) is 100 Å². The molecule has 0 unspecified atom stereocenters. The molecule has 1 heterocycles. The van der Waals surface area contributed by atoms with E-state index in [0.29, 0.717) is 4.57 Å². The third kappa shape index (κ3) is 1.79. The van der Waals surface area contributed by atoms with E-state index >= 15 is 0 Å².